The third-order valence-corrected chi connectivity index (χ3v) is 4.62. The molecule has 3 nitrogen and oxygen atoms in total. The molecule has 1 aromatic heterocycles. The van der Waals surface area contributed by atoms with Gasteiger partial charge < -0.3 is 0 Å². The highest BCUT2D eigenvalue weighted by molar-refractivity contribution is 6.31. The lowest BCUT2D eigenvalue weighted by Gasteiger charge is -2.06. The Kier molecular flexibility index (Phi) is 5.33. The summed E-state index contributed by atoms with van der Waals surface area (Å²) in [5.41, 5.74) is 3.59. The number of ketones is 1. The van der Waals surface area contributed by atoms with Crippen LogP contribution in [0.15, 0.2) is 54.6 Å². The molecule has 0 amide bonds. The van der Waals surface area contributed by atoms with E-state index in [0.29, 0.717) is 11.6 Å². The van der Waals surface area contributed by atoms with Crippen LogP contribution >= 0.6 is 11.6 Å². The summed E-state index contributed by atoms with van der Waals surface area (Å²) in [7, 11) is 0. The van der Waals surface area contributed by atoms with Crippen LogP contribution in [0, 0.1) is 19.7 Å². The second kappa shape index (κ2) is 7.67. The molecule has 0 N–H and O–H groups in total. The highest BCUT2D eigenvalue weighted by atomic mass is 35.5. The Bertz CT molecular complexity index is 991. The van der Waals surface area contributed by atoms with Gasteiger partial charge in [-0.2, -0.15) is 5.10 Å². The minimum atomic E-state index is -0.523. The molecule has 0 unspecified atom stereocenters. The van der Waals surface area contributed by atoms with Crippen molar-refractivity contribution in [2.75, 3.05) is 0 Å². The Labute approximate surface area is 156 Å². The van der Waals surface area contributed by atoms with Gasteiger partial charge in [0.2, 0.25) is 0 Å². The minimum Gasteiger partial charge on any atom is -0.289 e. The average molecular weight is 369 g/mol. The Morgan fingerprint density at radius 3 is 2.58 bits per heavy atom. The van der Waals surface area contributed by atoms with Crippen molar-refractivity contribution < 1.29 is 9.18 Å². The minimum absolute atomic E-state index is 0.0579. The van der Waals surface area contributed by atoms with Gasteiger partial charge in [-0.3, -0.25) is 9.48 Å². The predicted molar refractivity (Wildman–Crippen MR) is 102 cm³/mol. The van der Waals surface area contributed by atoms with Crippen molar-refractivity contribution in [3.05, 3.63) is 93.5 Å². The number of allylic oxidation sites excluding steroid dienone is 1. The number of hydrogen-bond acceptors (Lipinski definition) is 2. The van der Waals surface area contributed by atoms with E-state index in [1.807, 2.05) is 42.8 Å². The van der Waals surface area contributed by atoms with Crippen molar-refractivity contribution in [2.45, 2.75) is 20.4 Å². The van der Waals surface area contributed by atoms with Crippen molar-refractivity contribution in [1.82, 2.24) is 9.78 Å². The summed E-state index contributed by atoms with van der Waals surface area (Å²) >= 11 is 6.22. The summed E-state index contributed by atoms with van der Waals surface area (Å²) in [5.74, 6) is -0.897. The van der Waals surface area contributed by atoms with Gasteiger partial charge in [0.1, 0.15) is 5.82 Å². The molecule has 26 heavy (non-hydrogen) atoms. The Morgan fingerprint density at radius 1 is 1.15 bits per heavy atom. The molecule has 132 valence electrons. The van der Waals surface area contributed by atoms with E-state index in [0.717, 1.165) is 22.5 Å². The third-order valence-electron chi connectivity index (χ3n) is 4.26. The summed E-state index contributed by atoms with van der Waals surface area (Å²) in [6.07, 6.45) is 3.07. The summed E-state index contributed by atoms with van der Waals surface area (Å²) < 4.78 is 15.6. The molecule has 0 bridgehead atoms. The zero-order valence-corrected chi connectivity index (χ0v) is 15.3. The molecule has 1 heterocycles. The molecule has 0 fully saturated rings. The van der Waals surface area contributed by atoms with Crippen molar-refractivity contribution in [3.63, 3.8) is 0 Å². The lowest BCUT2D eigenvalue weighted by molar-refractivity contribution is 0.104. The van der Waals surface area contributed by atoms with Crippen LogP contribution in [0.3, 0.4) is 0 Å². The van der Waals surface area contributed by atoms with E-state index in [4.69, 9.17) is 11.6 Å². The second-order valence-electron chi connectivity index (χ2n) is 6.01. The maximum atomic E-state index is 13.7. The fourth-order valence-electron chi connectivity index (χ4n) is 2.80. The van der Waals surface area contributed by atoms with Gasteiger partial charge in [0.25, 0.3) is 0 Å². The van der Waals surface area contributed by atoms with Crippen molar-refractivity contribution in [2.24, 2.45) is 0 Å². The van der Waals surface area contributed by atoms with Gasteiger partial charge in [-0.15, -0.1) is 0 Å². The molecule has 5 heteroatoms. The van der Waals surface area contributed by atoms with E-state index in [1.54, 1.807) is 18.2 Å². The molecule has 3 aromatic rings. The molecule has 2 aromatic carbocycles. The van der Waals surface area contributed by atoms with E-state index in [9.17, 15) is 9.18 Å². The fourth-order valence-corrected chi connectivity index (χ4v) is 3.00. The lowest BCUT2D eigenvalue weighted by atomic mass is 10.1. The summed E-state index contributed by atoms with van der Waals surface area (Å²) in [5, 5.41) is 5.22. The Balaban J connectivity index is 1.85. The molecule has 0 spiro atoms. The largest absolute Gasteiger partial charge is 0.289 e. The molecular weight excluding hydrogens is 351 g/mol. The first-order valence-corrected chi connectivity index (χ1v) is 8.59. The van der Waals surface area contributed by atoms with E-state index in [1.165, 1.54) is 18.2 Å². The molecule has 0 aliphatic heterocycles. The van der Waals surface area contributed by atoms with Crippen LogP contribution < -0.4 is 0 Å². The van der Waals surface area contributed by atoms with Crippen LogP contribution in [-0.4, -0.2) is 15.6 Å². The lowest BCUT2D eigenvalue weighted by Crippen LogP contribution is -2.04. The van der Waals surface area contributed by atoms with E-state index >= 15 is 0 Å². The fraction of sp³-hybridized carbons (Fsp3) is 0.143. The number of halogens is 2. The Hall–Kier alpha value is -2.72. The van der Waals surface area contributed by atoms with Crippen LogP contribution in [0.5, 0.6) is 0 Å². The van der Waals surface area contributed by atoms with Gasteiger partial charge in [0.05, 0.1) is 17.8 Å². The maximum Gasteiger partial charge on any atom is 0.188 e. The normalized spacial score (nSPS) is 11.2. The first-order chi connectivity index (χ1) is 12.5. The second-order valence-corrected chi connectivity index (χ2v) is 6.42. The molecule has 0 saturated heterocycles. The van der Waals surface area contributed by atoms with Crippen molar-refractivity contribution in [3.8, 4) is 0 Å². The van der Waals surface area contributed by atoms with Gasteiger partial charge in [-0.1, -0.05) is 41.9 Å². The predicted octanol–water partition coefficient (Wildman–Crippen LogP) is 5.24. The van der Waals surface area contributed by atoms with E-state index < -0.39 is 5.82 Å². The molecule has 0 saturated carbocycles. The van der Waals surface area contributed by atoms with Gasteiger partial charge in [-0.25, -0.2) is 4.39 Å². The molecular formula is C21H18ClFN2O. The van der Waals surface area contributed by atoms with E-state index in [-0.39, 0.29) is 11.3 Å². The number of aryl methyl sites for hydroxylation is 1. The van der Waals surface area contributed by atoms with Crippen LogP contribution in [0.4, 0.5) is 4.39 Å². The molecule has 3 rings (SSSR count). The standard InChI is InChI=1S/C21H18ClFN2O/c1-14-17(11-12-21(26)18-8-4-6-10-20(18)23)15(2)25(24-14)13-16-7-3-5-9-19(16)22/h3-12H,13H2,1-2H3/b12-11+. The van der Waals surface area contributed by atoms with Gasteiger partial charge in [0.15, 0.2) is 5.78 Å². The maximum absolute atomic E-state index is 13.7. The first kappa shape index (κ1) is 18.1. The highest BCUT2D eigenvalue weighted by Gasteiger charge is 2.12. The zero-order valence-electron chi connectivity index (χ0n) is 14.5. The highest BCUT2D eigenvalue weighted by Crippen LogP contribution is 2.20. The topological polar surface area (TPSA) is 34.9 Å². The number of carbonyl (C=O) groups excluding carboxylic acids is 1. The number of benzene rings is 2. The molecule has 0 atom stereocenters. The number of aromatic nitrogens is 2. The van der Waals surface area contributed by atoms with Crippen molar-refractivity contribution >= 4 is 23.5 Å². The quantitative estimate of drug-likeness (QED) is 0.456. The molecule has 0 radical (unpaired) electrons. The van der Waals surface area contributed by atoms with Crippen LogP contribution in [-0.2, 0) is 6.54 Å². The third kappa shape index (κ3) is 3.75. The average Bonchev–Trinajstić information content (AvgIpc) is 2.88. The Morgan fingerprint density at radius 2 is 1.85 bits per heavy atom. The van der Waals surface area contributed by atoms with Gasteiger partial charge in [-0.05, 0) is 49.8 Å². The summed E-state index contributed by atoms with van der Waals surface area (Å²) in [6.45, 7) is 4.36. The number of nitrogens with zero attached hydrogens (tertiary/aromatic N) is 2. The van der Waals surface area contributed by atoms with Crippen LogP contribution in [0.1, 0.15) is 32.9 Å². The van der Waals surface area contributed by atoms with Gasteiger partial charge >= 0.3 is 0 Å². The van der Waals surface area contributed by atoms with Crippen LogP contribution in [0.2, 0.25) is 5.02 Å². The monoisotopic (exact) mass is 368 g/mol. The van der Waals surface area contributed by atoms with Crippen LogP contribution in [0.25, 0.3) is 6.08 Å². The van der Waals surface area contributed by atoms with Crippen molar-refractivity contribution in [1.29, 1.82) is 0 Å². The SMILES string of the molecule is Cc1nn(Cc2ccccc2Cl)c(C)c1/C=C/C(=O)c1ccccc1F. The zero-order chi connectivity index (χ0) is 18.7. The first-order valence-electron chi connectivity index (χ1n) is 8.21. The van der Waals surface area contributed by atoms with E-state index in [2.05, 4.69) is 5.10 Å². The smallest absolute Gasteiger partial charge is 0.188 e. The number of rotatable bonds is 5. The number of hydrogen-bond donors (Lipinski definition) is 0. The molecule has 0 aliphatic rings. The molecule has 0 aliphatic carbocycles. The number of carbonyl (C=O) groups is 1. The van der Waals surface area contributed by atoms with Gasteiger partial charge in [0, 0.05) is 16.3 Å². The summed E-state index contributed by atoms with van der Waals surface area (Å²) in [6, 6.07) is 13.6. The summed E-state index contributed by atoms with van der Waals surface area (Å²) in [4.78, 5) is 12.2.